The third kappa shape index (κ3) is 5.62. The minimum Gasteiger partial charge on any atom is -0.491 e. The van der Waals surface area contributed by atoms with Crippen LogP contribution in [0.3, 0.4) is 0 Å². The summed E-state index contributed by atoms with van der Waals surface area (Å²) in [6.07, 6.45) is -4.60. The van der Waals surface area contributed by atoms with E-state index in [0.29, 0.717) is 0 Å². The van der Waals surface area contributed by atoms with Crippen molar-refractivity contribution in [1.82, 2.24) is 10.2 Å². The highest BCUT2D eigenvalue weighted by molar-refractivity contribution is 5.38. The Bertz CT molecular complexity index is 740. The third-order valence-electron chi connectivity index (χ3n) is 4.51. The molecule has 1 N–H and O–H groups in total. The van der Waals surface area contributed by atoms with Crippen molar-refractivity contribution in [3.05, 3.63) is 59.7 Å². The summed E-state index contributed by atoms with van der Waals surface area (Å²) < 4.78 is 47.0. The second-order valence-corrected chi connectivity index (χ2v) is 7.04. The predicted octanol–water partition coefficient (Wildman–Crippen LogP) is 4.37. The quantitative estimate of drug-likeness (QED) is 0.789. The van der Waals surface area contributed by atoms with Gasteiger partial charge in [-0.25, -0.2) is 0 Å². The van der Waals surface area contributed by atoms with Gasteiger partial charge in [0.25, 0.3) is 0 Å². The highest BCUT2D eigenvalue weighted by Crippen LogP contribution is 2.32. The van der Waals surface area contributed by atoms with Crippen molar-refractivity contribution >= 4 is 0 Å². The summed E-state index contributed by atoms with van der Waals surface area (Å²) in [6.45, 7) is 7.41. The molecule has 2 aromatic rings. The van der Waals surface area contributed by atoms with Crippen LogP contribution in [0.2, 0.25) is 0 Å². The molecule has 0 unspecified atom stereocenters. The number of alkyl halides is 3. The van der Waals surface area contributed by atoms with Gasteiger partial charge < -0.3 is 14.8 Å². The van der Waals surface area contributed by atoms with Crippen LogP contribution in [0, 0.1) is 0 Å². The Morgan fingerprint density at radius 2 is 1.36 bits per heavy atom. The van der Waals surface area contributed by atoms with Crippen molar-refractivity contribution in [1.29, 1.82) is 0 Å². The van der Waals surface area contributed by atoms with E-state index in [1.165, 1.54) is 12.1 Å². The lowest BCUT2D eigenvalue weighted by Crippen LogP contribution is -2.45. The van der Waals surface area contributed by atoms with Gasteiger partial charge in [0, 0.05) is 26.2 Å². The van der Waals surface area contributed by atoms with Crippen molar-refractivity contribution in [3.63, 3.8) is 0 Å². The number of hydrogen-bond acceptors (Lipinski definition) is 4. The van der Waals surface area contributed by atoms with Gasteiger partial charge in [-0.3, -0.25) is 4.90 Å². The number of nitrogens with one attached hydrogen (secondary N) is 1. The zero-order valence-electron chi connectivity index (χ0n) is 16.0. The van der Waals surface area contributed by atoms with Crippen LogP contribution < -0.4 is 14.8 Å². The topological polar surface area (TPSA) is 33.7 Å². The number of halogens is 3. The SMILES string of the molecule is CC(C)Oc1ccc([C@@H](c2ccc(OC(F)(F)F)cc2)N2CCNCC2)cc1. The van der Waals surface area contributed by atoms with Crippen molar-refractivity contribution in [3.8, 4) is 11.5 Å². The van der Waals surface area contributed by atoms with E-state index in [0.717, 1.165) is 43.1 Å². The largest absolute Gasteiger partial charge is 0.573 e. The highest BCUT2D eigenvalue weighted by atomic mass is 19.4. The molecule has 1 saturated heterocycles. The van der Waals surface area contributed by atoms with E-state index in [-0.39, 0.29) is 17.9 Å². The minimum atomic E-state index is -4.69. The molecule has 0 radical (unpaired) electrons. The summed E-state index contributed by atoms with van der Waals surface area (Å²) >= 11 is 0. The molecule has 1 aliphatic rings. The van der Waals surface area contributed by atoms with Crippen molar-refractivity contribution < 1.29 is 22.6 Å². The van der Waals surface area contributed by atoms with E-state index in [9.17, 15) is 13.2 Å². The van der Waals surface area contributed by atoms with Crippen LogP contribution in [0.1, 0.15) is 31.0 Å². The second-order valence-electron chi connectivity index (χ2n) is 7.04. The van der Waals surface area contributed by atoms with Crippen LogP contribution in [-0.2, 0) is 0 Å². The van der Waals surface area contributed by atoms with E-state index in [1.807, 2.05) is 38.1 Å². The van der Waals surface area contributed by atoms with E-state index in [4.69, 9.17) is 4.74 Å². The molecule has 0 spiro atoms. The molecule has 2 aromatic carbocycles. The molecule has 0 aliphatic carbocycles. The molecule has 0 aromatic heterocycles. The maximum atomic E-state index is 12.4. The van der Waals surface area contributed by atoms with Crippen LogP contribution in [0.5, 0.6) is 11.5 Å². The number of hydrogen-bond donors (Lipinski definition) is 1. The van der Waals surface area contributed by atoms with E-state index in [2.05, 4.69) is 15.0 Å². The smallest absolute Gasteiger partial charge is 0.491 e. The molecule has 28 heavy (non-hydrogen) atoms. The van der Waals surface area contributed by atoms with E-state index >= 15 is 0 Å². The lowest BCUT2D eigenvalue weighted by molar-refractivity contribution is -0.274. The number of rotatable bonds is 6. The van der Waals surface area contributed by atoms with Gasteiger partial charge in [0.15, 0.2) is 0 Å². The van der Waals surface area contributed by atoms with E-state index in [1.54, 1.807) is 12.1 Å². The first-order chi connectivity index (χ1) is 13.3. The summed E-state index contributed by atoms with van der Waals surface area (Å²) in [6, 6.07) is 14.0. The van der Waals surface area contributed by atoms with Gasteiger partial charge in [-0.2, -0.15) is 0 Å². The molecule has 1 heterocycles. The number of nitrogens with zero attached hydrogens (tertiary/aromatic N) is 1. The number of ether oxygens (including phenoxy) is 2. The molecule has 1 atom stereocenters. The van der Waals surface area contributed by atoms with Gasteiger partial charge in [-0.15, -0.1) is 13.2 Å². The standard InChI is InChI=1S/C21H25F3N2O2/c1-15(2)27-18-7-3-16(4-8-18)20(26-13-11-25-12-14-26)17-5-9-19(10-6-17)28-21(22,23)24/h3-10,15,20,25H,11-14H2,1-2H3/t20-/m0/s1. The van der Waals surface area contributed by atoms with Gasteiger partial charge in [0.05, 0.1) is 12.1 Å². The van der Waals surface area contributed by atoms with Crippen LogP contribution in [0.25, 0.3) is 0 Å². The number of benzene rings is 2. The Labute approximate surface area is 163 Å². The molecular formula is C21H25F3N2O2. The third-order valence-corrected chi connectivity index (χ3v) is 4.51. The maximum absolute atomic E-state index is 12.4. The Morgan fingerprint density at radius 1 is 0.857 bits per heavy atom. The van der Waals surface area contributed by atoms with Crippen LogP contribution in [0.15, 0.2) is 48.5 Å². The first kappa shape index (κ1) is 20.5. The zero-order chi connectivity index (χ0) is 20.1. The summed E-state index contributed by atoms with van der Waals surface area (Å²) in [4.78, 5) is 2.33. The highest BCUT2D eigenvalue weighted by Gasteiger charge is 2.31. The first-order valence-electron chi connectivity index (χ1n) is 9.39. The Hall–Kier alpha value is -2.25. The summed E-state index contributed by atoms with van der Waals surface area (Å²) in [7, 11) is 0. The molecule has 1 aliphatic heterocycles. The minimum absolute atomic E-state index is 0.0462. The fourth-order valence-electron chi connectivity index (χ4n) is 3.41. The zero-order valence-corrected chi connectivity index (χ0v) is 16.0. The predicted molar refractivity (Wildman–Crippen MR) is 102 cm³/mol. The van der Waals surface area contributed by atoms with Crippen LogP contribution in [0.4, 0.5) is 13.2 Å². The fourth-order valence-corrected chi connectivity index (χ4v) is 3.41. The van der Waals surface area contributed by atoms with Gasteiger partial charge in [0.1, 0.15) is 11.5 Å². The van der Waals surface area contributed by atoms with Crippen molar-refractivity contribution in [2.45, 2.75) is 32.4 Å². The fraction of sp³-hybridized carbons (Fsp3) is 0.429. The molecular weight excluding hydrogens is 369 g/mol. The van der Waals surface area contributed by atoms with Crippen LogP contribution >= 0.6 is 0 Å². The first-order valence-corrected chi connectivity index (χ1v) is 9.39. The summed E-state index contributed by atoms with van der Waals surface area (Å²) in [5.74, 6) is 0.586. The van der Waals surface area contributed by atoms with Gasteiger partial charge >= 0.3 is 6.36 Å². The summed E-state index contributed by atoms with van der Waals surface area (Å²) in [5, 5.41) is 3.33. The maximum Gasteiger partial charge on any atom is 0.573 e. The van der Waals surface area contributed by atoms with Gasteiger partial charge in [0.2, 0.25) is 0 Å². The summed E-state index contributed by atoms with van der Waals surface area (Å²) in [5.41, 5.74) is 2.00. The Balaban J connectivity index is 1.86. The van der Waals surface area contributed by atoms with Gasteiger partial charge in [-0.05, 0) is 49.2 Å². The van der Waals surface area contributed by atoms with Gasteiger partial charge in [-0.1, -0.05) is 24.3 Å². The average molecular weight is 394 g/mol. The second kappa shape index (κ2) is 8.84. The van der Waals surface area contributed by atoms with E-state index < -0.39 is 6.36 Å². The lowest BCUT2D eigenvalue weighted by Gasteiger charge is -2.35. The molecule has 3 rings (SSSR count). The molecule has 4 nitrogen and oxygen atoms in total. The van der Waals surface area contributed by atoms with Crippen LogP contribution in [-0.4, -0.2) is 43.5 Å². The molecule has 1 fully saturated rings. The Kier molecular flexibility index (Phi) is 6.46. The average Bonchev–Trinajstić information content (AvgIpc) is 2.64. The molecule has 0 bridgehead atoms. The monoisotopic (exact) mass is 394 g/mol. The molecule has 7 heteroatoms. The lowest BCUT2D eigenvalue weighted by atomic mass is 9.96. The molecule has 152 valence electrons. The molecule has 0 saturated carbocycles. The Morgan fingerprint density at radius 3 is 1.82 bits per heavy atom. The van der Waals surface area contributed by atoms with Crippen molar-refractivity contribution in [2.75, 3.05) is 26.2 Å². The normalized spacial score (nSPS) is 16.8. The molecule has 0 amide bonds. The van der Waals surface area contributed by atoms with Crippen molar-refractivity contribution in [2.24, 2.45) is 0 Å². The number of piperazine rings is 1.